The Bertz CT molecular complexity index is 461. The molecule has 1 aliphatic carbocycles. The van der Waals surface area contributed by atoms with Crippen LogP contribution in [-0.4, -0.2) is 16.1 Å². The van der Waals surface area contributed by atoms with Gasteiger partial charge < -0.3 is 9.88 Å². The Morgan fingerprint density at radius 3 is 2.60 bits per heavy atom. The second-order valence-electron chi connectivity index (χ2n) is 5.95. The maximum Gasteiger partial charge on any atom is 0.293 e. The summed E-state index contributed by atoms with van der Waals surface area (Å²) >= 11 is 0. The number of nitrogens with one attached hydrogen (secondary N) is 1. The minimum absolute atomic E-state index is 0.0107. The van der Waals surface area contributed by atoms with Crippen molar-refractivity contribution in [2.24, 2.45) is 11.8 Å². The van der Waals surface area contributed by atoms with Gasteiger partial charge in [-0.1, -0.05) is 33.1 Å². The largest absolute Gasteiger partial charge is 0.365 e. The summed E-state index contributed by atoms with van der Waals surface area (Å²) in [6.45, 7) is 6.01. The lowest BCUT2D eigenvalue weighted by Gasteiger charge is -2.27. The van der Waals surface area contributed by atoms with Crippen LogP contribution in [0.2, 0.25) is 0 Å². The minimum Gasteiger partial charge on any atom is -0.365 e. The number of anilines is 1. The first-order chi connectivity index (χ1) is 9.74. The van der Waals surface area contributed by atoms with Gasteiger partial charge in [-0.3, -0.25) is 4.79 Å². The molecule has 1 saturated carbocycles. The van der Waals surface area contributed by atoms with Crippen molar-refractivity contribution in [3.05, 3.63) is 22.7 Å². The molecule has 4 heteroatoms. The molecule has 1 aromatic rings. The second kappa shape index (κ2) is 7.46. The van der Waals surface area contributed by atoms with Crippen molar-refractivity contribution in [2.75, 3.05) is 11.9 Å². The average molecular weight is 277 g/mol. The average Bonchev–Trinajstić information content (AvgIpc) is 2.49. The molecule has 1 heterocycles. The van der Waals surface area contributed by atoms with Crippen molar-refractivity contribution >= 4 is 5.82 Å². The lowest BCUT2D eigenvalue weighted by atomic mass is 9.81. The Morgan fingerprint density at radius 1 is 1.25 bits per heavy atom. The highest BCUT2D eigenvalue weighted by Gasteiger charge is 2.20. The third-order valence-corrected chi connectivity index (χ3v) is 4.48. The molecule has 1 aromatic heterocycles. The summed E-state index contributed by atoms with van der Waals surface area (Å²) in [6, 6.07) is 0. The molecular weight excluding hydrogens is 250 g/mol. The van der Waals surface area contributed by atoms with Crippen LogP contribution in [0.1, 0.15) is 52.4 Å². The molecule has 0 bridgehead atoms. The summed E-state index contributed by atoms with van der Waals surface area (Å²) in [7, 11) is 0. The molecule has 0 aromatic carbocycles. The highest BCUT2D eigenvalue weighted by molar-refractivity contribution is 5.30. The van der Waals surface area contributed by atoms with Gasteiger partial charge in [-0.2, -0.15) is 0 Å². The van der Waals surface area contributed by atoms with Crippen molar-refractivity contribution in [1.29, 1.82) is 0 Å². The van der Waals surface area contributed by atoms with E-state index in [1.807, 2.05) is 0 Å². The molecule has 1 aliphatic rings. The van der Waals surface area contributed by atoms with E-state index in [1.54, 1.807) is 17.0 Å². The fraction of sp³-hybridized carbons (Fsp3) is 0.750. The monoisotopic (exact) mass is 277 g/mol. The highest BCUT2D eigenvalue weighted by atomic mass is 16.1. The molecule has 1 fully saturated rings. The molecule has 4 nitrogen and oxygen atoms in total. The van der Waals surface area contributed by atoms with E-state index in [9.17, 15) is 4.79 Å². The fourth-order valence-corrected chi connectivity index (χ4v) is 3.07. The van der Waals surface area contributed by atoms with Crippen LogP contribution in [0.25, 0.3) is 0 Å². The number of hydrogen-bond acceptors (Lipinski definition) is 3. The Kier molecular flexibility index (Phi) is 5.62. The van der Waals surface area contributed by atoms with Crippen LogP contribution < -0.4 is 10.9 Å². The van der Waals surface area contributed by atoms with Gasteiger partial charge in [0.25, 0.3) is 5.56 Å². The third kappa shape index (κ3) is 3.84. The van der Waals surface area contributed by atoms with Gasteiger partial charge in [0.15, 0.2) is 5.82 Å². The highest BCUT2D eigenvalue weighted by Crippen LogP contribution is 2.30. The van der Waals surface area contributed by atoms with Gasteiger partial charge in [-0.25, -0.2) is 4.98 Å². The van der Waals surface area contributed by atoms with Crippen molar-refractivity contribution in [3.63, 3.8) is 0 Å². The summed E-state index contributed by atoms with van der Waals surface area (Å²) in [5.74, 6) is 2.13. The number of rotatable bonds is 6. The summed E-state index contributed by atoms with van der Waals surface area (Å²) in [4.78, 5) is 16.4. The maximum absolute atomic E-state index is 12.2. The number of nitrogens with zero attached hydrogens (tertiary/aromatic N) is 2. The molecule has 0 saturated heterocycles. The molecule has 0 spiro atoms. The second-order valence-corrected chi connectivity index (χ2v) is 5.95. The van der Waals surface area contributed by atoms with Gasteiger partial charge in [0.1, 0.15) is 0 Å². The SMILES string of the molecule is CCCn1ccnc(NCC2CCC(CC)CC2)c1=O. The summed E-state index contributed by atoms with van der Waals surface area (Å²) < 4.78 is 1.74. The van der Waals surface area contributed by atoms with Gasteiger partial charge in [-0.15, -0.1) is 0 Å². The van der Waals surface area contributed by atoms with E-state index in [0.717, 1.165) is 25.4 Å². The third-order valence-electron chi connectivity index (χ3n) is 4.48. The first-order valence-electron chi connectivity index (χ1n) is 8.03. The van der Waals surface area contributed by atoms with Gasteiger partial charge in [0, 0.05) is 25.5 Å². The Balaban J connectivity index is 1.88. The van der Waals surface area contributed by atoms with Gasteiger partial charge >= 0.3 is 0 Å². The quantitative estimate of drug-likeness (QED) is 0.868. The molecule has 0 radical (unpaired) electrons. The standard InChI is InChI=1S/C16H27N3O/c1-3-10-19-11-9-17-15(16(19)20)18-12-14-7-5-13(4-2)6-8-14/h9,11,13-14H,3-8,10,12H2,1-2H3,(H,17,18). The first-order valence-corrected chi connectivity index (χ1v) is 8.03. The lowest BCUT2D eigenvalue weighted by Crippen LogP contribution is -2.27. The molecule has 0 amide bonds. The van der Waals surface area contributed by atoms with Gasteiger partial charge in [0.2, 0.25) is 0 Å². The van der Waals surface area contributed by atoms with Crippen molar-refractivity contribution in [2.45, 2.75) is 58.9 Å². The molecule has 0 unspecified atom stereocenters. The molecule has 20 heavy (non-hydrogen) atoms. The number of aromatic nitrogens is 2. The maximum atomic E-state index is 12.2. The van der Waals surface area contributed by atoms with E-state index in [1.165, 1.54) is 32.1 Å². The van der Waals surface area contributed by atoms with Crippen LogP contribution >= 0.6 is 0 Å². The lowest BCUT2D eigenvalue weighted by molar-refractivity contribution is 0.278. The van der Waals surface area contributed by atoms with Gasteiger partial charge in [0.05, 0.1) is 0 Å². The van der Waals surface area contributed by atoms with E-state index < -0.39 is 0 Å². The molecule has 112 valence electrons. The van der Waals surface area contributed by atoms with Gasteiger partial charge in [-0.05, 0) is 31.1 Å². The zero-order chi connectivity index (χ0) is 14.4. The van der Waals surface area contributed by atoms with Crippen LogP contribution in [0.3, 0.4) is 0 Å². The van der Waals surface area contributed by atoms with Crippen molar-refractivity contribution in [1.82, 2.24) is 9.55 Å². The molecule has 1 N–H and O–H groups in total. The zero-order valence-corrected chi connectivity index (χ0v) is 12.8. The molecular formula is C16H27N3O. The predicted octanol–water partition coefficient (Wildman–Crippen LogP) is 3.28. The Hall–Kier alpha value is -1.32. The molecule has 0 aliphatic heterocycles. The summed E-state index contributed by atoms with van der Waals surface area (Å²) in [5, 5.41) is 3.27. The normalized spacial score (nSPS) is 22.7. The van der Waals surface area contributed by atoms with Crippen molar-refractivity contribution in [3.8, 4) is 0 Å². The Labute approximate surface area is 121 Å². The van der Waals surface area contributed by atoms with E-state index in [-0.39, 0.29) is 5.56 Å². The van der Waals surface area contributed by atoms with E-state index in [2.05, 4.69) is 24.1 Å². The molecule has 0 atom stereocenters. The fourth-order valence-electron chi connectivity index (χ4n) is 3.07. The predicted molar refractivity (Wildman–Crippen MR) is 83.0 cm³/mol. The van der Waals surface area contributed by atoms with E-state index >= 15 is 0 Å². The summed E-state index contributed by atoms with van der Waals surface area (Å²) in [5.41, 5.74) is 0.0107. The Morgan fingerprint density at radius 2 is 1.95 bits per heavy atom. The van der Waals surface area contributed by atoms with Crippen LogP contribution in [0.4, 0.5) is 5.82 Å². The van der Waals surface area contributed by atoms with Crippen LogP contribution in [-0.2, 0) is 6.54 Å². The topological polar surface area (TPSA) is 46.9 Å². The minimum atomic E-state index is 0.0107. The van der Waals surface area contributed by atoms with Crippen molar-refractivity contribution < 1.29 is 0 Å². The summed E-state index contributed by atoms with van der Waals surface area (Å²) in [6.07, 6.45) is 11.0. The van der Waals surface area contributed by atoms with Crippen LogP contribution in [0, 0.1) is 11.8 Å². The number of hydrogen-bond donors (Lipinski definition) is 1. The van der Waals surface area contributed by atoms with Crippen LogP contribution in [0.5, 0.6) is 0 Å². The van der Waals surface area contributed by atoms with E-state index in [4.69, 9.17) is 0 Å². The number of aryl methyl sites for hydroxylation is 1. The molecule has 2 rings (SSSR count). The zero-order valence-electron chi connectivity index (χ0n) is 12.8. The smallest absolute Gasteiger partial charge is 0.293 e. The van der Waals surface area contributed by atoms with Crippen LogP contribution in [0.15, 0.2) is 17.2 Å². The first kappa shape index (κ1) is 15.1. The van der Waals surface area contributed by atoms with E-state index in [0.29, 0.717) is 11.7 Å².